The number of hydrogen-bond donors (Lipinski definition) is 0. The molecule has 1 spiro atoms. The van der Waals surface area contributed by atoms with Crippen molar-refractivity contribution in [2.24, 2.45) is 0 Å². The highest BCUT2D eigenvalue weighted by Crippen LogP contribution is 2.40. The van der Waals surface area contributed by atoms with Crippen LogP contribution in [0.15, 0.2) is 57.9 Å². The summed E-state index contributed by atoms with van der Waals surface area (Å²) in [6.07, 6.45) is 0.697. The van der Waals surface area contributed by atoms with Gasteiger partial charge in [0, 0.05) is 17.4 Å². The first-order valence-corrected chi connectivity index (χ1v) is 10.2. The Balaban J connectivity index is 1.64. The van der Waals surface area contributed by atoms with Gasteiger partial charge in [0.15, 0.2) is 5.78 Å². The maximum absolute atomic E-state index is 13.0. The topological polar surface area (TPSA) is 63.7 Å². The van der Waals surface area contributed by atoms with E-state index in [2.05, 4.69) is 15.9 Å². The number of nitrogens with zero attached hydrogens (tertiary/aromatic N) is 1. The van der Waals surface area contributed by atoms with Crippen LogP contribution >= 0.6 is 15.9 Å². The Hall–Kier alpha value is -1.70. The second-order valence-electron chi connectivity index (χ2n) is 6.40. The zero-order valence-electron chi connectivity index (χ0n) is 13.3. The molecule has 0 amide bonds. The molecule has 2 heterocycles. The van der Waals surface area contributed by atoms with Crippen molar-refractivity contribution in [3.05, 3.63) is 58.6 Å². The summed E-state index contributed by atoms with van der Waals surface area (Å²) in [7, 11) is -3.64. The molecule has 25 heavy (non-hydrogen) atoms. The number of ether oxygens (including phenoxy) is 1. The summed E-state index contributed by atoms with van der Waals surface area (Å²) < 4.78 is 34.0. The molecule has 0 unspecified atom stereocenters. The predicted molar refractivity (Wildman–Crippen MR) is 96.3 cm³/mol. The van der Waals surface area contributed by atoms with Gasteiger partial charge in [0.2, 0.25) is 10.0 Å². The highest BCUT2D eigenvalue weighted by atomic mass is 79.9. The monoisotopic (exact) mass is 421 g/mol. The smallest absolute Gasteiger partial charge is 0.244 e. The van der Waals surface area contributed by atoms with Gasteiger partial charge in [-0.1, -0.05) is 24.3 Å². The Morgan fingerprint density at radius 2 is 1.80 bits per heavy atom. The van der Waals surface area contributed by atoms with Gasteiger partial charge in [-0.25, -0.2) is 8.42 Å². The van der Waals surface area contributed by atoms with Crippen LogP contribution in [0.3, 0.4) is 0 Å². The van der Waals surface area contributed by atoms with E-state index < -0.39 is 15.6 Å². The van der Waals surface area contributed by atoms with Crippen LogP contribution in [0, 0.1) is 0 Å². The van der Waals surface area contributed by atoms with Crippen LogP contribution in [0.2, 0.25) is 0 Å². The minimum Gasteiger partial charge on any atom is -0.485 e. The fourth-order valence-corrected chi connectivity index (χ4v) is 5.96. The Labute approximate surface area is 154 Å². The summed E-state index contributed by atoms with van der Waals surface area (Å²) >= 11 is 3.31. The largest absolute Gasteiger partial charge is 0.485 e. The van der Waals surface area contributed by atoms with Crippen molar-refractivity contribution in [3.8, 4) is 5.75 Å². The summed E-state index contributed by atoms with van der Waals surface area (Å²) in [6, 6.07) is 13.9. The molecule has 1 fully saturated rings. The van der Waals surface area contributed by atoms with E-state index in [1.807, 2.05) is 6.07 Å². The molecular formula is C18H16BrNO4S. The number of carbonyl (C=O) groups excluding carboxylic acids is 1. The second kappa shape index (κ2) is 5.93. The number of hydrogen-bond acceptors (Lipinski definition) is 4. The van der Waals surface area contributed by atoms with Crippen molar-refractivity contribution in [2.75, 3.05) is 13.1 Å². The van der Waals surface area contributed by atoms with Gasteiger partial charge in [-0.05, 0) is 40.2 Å². The third-order valence-electron chi connectivity index (χ3n) is 4.73. The molecule has 2 aromatic rings. The van der Waals surface area contributed by atoms with Gasteiger partial charge in [-0.15, -0.1) is 0 Å². The molecule has 5 nitrogen and oxygen atoms in total. The summed E-state index contributed by atoms with van der Waals surface area (Å²) in [5.74, 6) is 0.542. The molecule has 0 saturated carbocycles. The number of fused-ring (bicyclic) bond motifs is 1. The lowest BCUT2D eigenvalue weighted by atomic mass is 9.89. The van der Waals surface area contributed by atoms with Crippen LogP contribution in [0.25, 0.3) is 0 Å². The molecule has 1 saturated heterocycles. The molecule has 2 aliphatic rings. The molecule has 1 atom stereocenters. The molecule has 0 bridgehead atoms. The molecule has 0 radical (unpaired) electrons. The van der Waals surface area contributed by atoms with Crippen LogP contribution in [0.5, 0.6) is 5.75 Å². The highest BCUT2D eigenvalue weighted by molar-refractivity contribution is 9.10. The van der Waals surface area contributed by atoms with E-state index in [0.717, 1.165) is 0 Å². The van der Waals surface area contributed by atoms with Crippen LogP contribution in [0.1, 0.15) is 23.2 Å². The van der Waals surface area contributed by atoms with Crippen LogP contribution in [0.4, 0.5) is 0 Å². The molecule has 0 aliphatic carbocycles. The predicted octanol–water partition coefficient (Wildman–Crippen LogP) is 3.25. The number of sulfonamides is 1. The van der Waals surface area contributed by atoms with Crippen molar-refractivity contribution in [1.29, 1.82) is 0 Å². The Morgan fingerprint density at radius 3 is 2.60 bits per heavy atom. The number of benzene rings is 2. The van der Waals surface area contributed by atoms with Gasteiger partial charge in [-0.3, -0.25) is 4.79 Å². The fraction of sp³-hybridized carbons (Fsp3) is 0.278. The SMILES string of the molecule is O=C1C[C@]2(CCN(S(=O)(=O)c3ccccc3Br)C2)Oc2ccccc21. The number of Topliss-reactive ketones (excluding diaryl/α,β-unsaturated/α-hetero) is 1. The molecular weight excluding hydrogens is 406 g/mol. The van der Waals surface area contributed by atoms with E-state index in [-0.39, 0.29) is 23.6 Å². The highest BCUT2D eigenvalue weighted by Gasteiger charge is 2.49. The second-order valence-corrected chi connectivity index (χ2v) is 9.16. The first kappa shape index (κ1) is 16.8. The number of rotatable bonds is 2. The van der Waals surface area contributed by atoms with Crippen molar-refractivity contribution in [3.63, 3.8) is 0 Å². The average molecular weight is 422 g/mol. The van der Waals surface area contributed by atoms with Crippen molar-refractivity contribution in [1.82, 2.24) is 4.31 Å². The number of carbonyl (C=O) groups is 1. The van der Waals surface area contributed by atoms with Gasteiger partial charge in [-0.2, -0.15) is 4.31 Å². The van der Waals surface area contributed by atoms with Crippen molar-refractivity contribution < 1.29 is 17.9 Å². The van der Waals surface area contributed by atoms with Crippen LogP contribution in [-0.4, -0.2) is 37.2 Å². The summed E-state index contributed by atoms with van der Waals surface area (Å²) in [6.45, 7) is 0.510. The number of halogens is 1. The minimum atomic E-state index is -3.64. The number of ketones is 1. The molecule has 7 heteroatoms. The summed E-state index contributed by atoms with van der Waals surface area (Å²) in [5, 5.41) is 0. The fourth-order valence-electron chi connectivity index (χ4n) is 3.48. The lowest BCUT2D eigenvalue weighted by Crippen LogP contribution is -2.45. The molecule has 0 N–H and O–H groups in total. The van der Waals surface area contributed by atoms with Crippen molar-refractivity contribution >= 4 is 31.7 Å². The van der Waals surface area contributed by atoms with E-state index in [1.165, 1.54) is 4.31 Å². The number of para-hydroxylation sites is 1. The van der Waals surface area contributed by atoms with E-state index in [0.29, 0.717) is 28.8 Å². The molecule has 4 rings (SSSR count). The van der Waals surface area contributed by atoms with Crippen molar-refractivity contribution in [2.45, 2.75) is 23.3 Å². The van der Waals surface area contributed by atoms with Gasteiger partial charge in [0.05, 0.1) is 23.4 Å². The van der Waals surface area contributed by atoms with E-state index in [1.54, 1.807) is 42.5 Å². The molecule has 2 aliphatic heterocycles. The Kier molecular flexibility index (Phi) is 3.97. The average Bonchev–Trinajstić information content (AvgIpc) is 2.99. The standard InChI is InChI=1S/C18H16BrNO4S/c19-14-6-2-4-8-17(14)25(22,23)20-10-9-18(12-20)11-15(21)13-5-1-3-7-16(13)24-18/h1-8H,9-12H2/t18-/m0/s1. The molecule has 0 aromatic heterocycles. The minimum absolute atomic E-state index is 0.00184. The lowest BCUT2D eigenvalue weighted by molar-refractivity contribution is 0.0498. The lowest BCUT2D eigenvalue weighted by Gasteiger charge is -2.34. The van der Waals surface area contributed by atoms with Gasteiger partial charge in [0.1, 0.15) is 11.4 Å². The van der Waals surface area contributed by atoms with E-state index >= 15 is 0 Å². The Morgan fingerprint density at radius 1 is 1.08 bits per heavy atom. The zero-order chi connectivity index (χ0) is 17.7. The summed E-state index contributed by atoms with van der Waals surface area (Å²) in [5.41, 5.74) is -0.208. The van der Waals surface area contributed by atoms with Gasteiger partial charge < -0.3 is 4.74 Å². The first-order valence-electron chi connectivity index (χ1n) is 7.97. The quantitative estimate of drug-likeness (QED) is 0.746. The van der Waals surface area contributed by atoms with E-state index in [4.69, 9.17) is 4.74 Å². The zero-order valence-corrected chi connectivity index (χ0v) is 15.7. The third kappa shape index (κ3) is 2.80. The van der Waals surface area contributed by atoms with Gasteiger partial charge in [0.25, 0.3) is 0 Å². The van der Waals surface area contributed by atoms with Crippen LogP contribution < -0.4 is 4.74 Å². The van der Waals surface area contributed by atoms with Gasteiger partial charge >= 0.3 is 0 Å². The normalized spacial score (nSPS) is 23.5. The first-order chi connectivity index (χ1) is 11.9. The Bertz CT molecular complexity index is 959. The maximum atomic E-state index is 13.0. The molecule has 2 aromatic carbocycles. The van der Waals surface area contributed by atoms with Crippen LogP contribution in [-0.2, 0) is 10.0 Å². The van der Waals surface area contributed by atoms with E-state index in [9.17, 15) is 13.2 Å². The third-order valence-corrected chi connectivity index (χ3v) is 7.59. The molecule has 130 valence electrons. The maximum Gasteiger partial charge on any atom is 0.244 e. The summed E-state index contributed by atoms with van der Waals surface area (Å²) in [4.78, 5) is 12.7.